The van der Waals surface area contributed by atoms with Crippen molar-refractivity contribution < 1.29 is 14.4 Å². The molecule has 0 spiro atoms. The number of pyridine rings is 1. The summed E-state index contributed by atoms with van der Waals surface area (Å²) in [7, 11) is 0. The molecule has 1 aromatic carbocycles. The number of nitrogens with one attached hydrogen (secondary N) is 4. The van der Waals surface area contributed by atoms with E-state index in [-0.39, 0.29) is 17.5 Å². The van der Waals surface area contributed by atoms with Crippen LogP contribution in [0, 0.1) is 0 Å². The van der Waals surface area contributed by atoms with Crippen LogP contribution in [0.1, 0.15) is 27.3 Å². The summed E-state index contributed by atoms with van der Waals surface area (Å²) in [5.74, 6) is -0.269. The number of aromatic amines is 1. The quantitative estimate of drug-likeness (QED) is 0.470. The van der Waals surface area contributed by atoms with Gasteiger partial charge in [-0.25, -0.2) is 0 Å². The van der Waals surface area contributed by atoms with Gasteiger partial charge in [-0.15, -0.1) is 0 Å². The van der Waals surface area contributed by atoms with E-state index in [1.54, 1.807) is 48.4 Å². The van der Waals surface area contributed by atoms with Gasteiger partial charge in [-0.3, -0.25) is 24.5 Å². The standard InChI is InChI=1S/C21H20N6O3S/c1-31-8-6-16-20(29)24-15-5-4-13(9-14(15)19(28)25-16)23-21(30)18-10-17(26-27-18)12-3-2-7-22-11-12/h2-5,7,9-11,16H,6,8H2,1H3,(H,23,30)(H,24,29)(H,25,28)(H,26,27)/t16-/m0/s1. The highest BCUT2D eigenvalue weighted by Gasteiger charge is 2.27. The van der Waals surface area contributed by atoms with E-state index in [2.05, 4.69) is 31.1 Å². The normalized spacial score (nSPS) is 15.5. The zero-order valence-electron chi connectivity index (χ0n) is 16.6. The number of anilines is 2. The summed E-state index contributed by atoms with van der Waals surface area (Å²) < 4.78 is 0. The summed E-state index contributed by atoms with van der Waals surface area (Å²) in [6.45, 7) is 0. The maximum Gasteiger partial charge on any atom is 0.273 e. The van der Waals surface area contributed by atoms with Crippen molar-refractivity contribution >= 4 is 40.9 Å². The van der Waals surface area contributed by atoms with Crippen molar-refractivity contribution in [1.29, 1.82) is 0 Å². The van der Waals surface area contributed by atoms with Crippen LogP contribution in [0.25, 0.3) is 11.3 Å². The fraction of sp³-hybridized carbons (Fsp3) is 0.190. The van der Waals surface area contributed by atoms with E-state index in [0.717, 1.165) is 11.3 Å². The minimum absolute atomic E-state index is 0.252. The Labute approximate surface area is 182 Å². The van der Waals surface area contributed by atoms with Gasteiger partial charge in [0.25, 0.3) is 11.8 Å². The first-order valence-electron chi connectivity index (χ1n) is 9.57. The van der Waals surface area contributed by atoms with E-state index >= 15 is 0 Å². The molecule has 1 aliphatic heterocycles. The van der Waals surface area contributed by atoms with Gasteiger partial charge in [0.15, 0.2) is 0 Å². The van der Waals surface area contributed by atoms with Gasteiger partial charge in [-0.1, -0.05) is 0 Å². The summed E-state index contributed by atoms with van der Waals surface area (Å²) in [5, 5.41) is 15.1. The first-order chi connectivity index (χ1) is 15.0. The first kappa shape index (κ1) is 20.6. The minimum atomic E-state index is -0.596. The largest absolute Gasteiger partial charge is 0.340 e. The molecule has 0 saturated heterocycles. The summed E-state index contributed by atoms with van der Waals surface area (Å²) in [4.78, 5) is 41.7. The Morgan fingerprint density at radius 3 is 2.87 bits per heavy atom. The Morgan fingerprint density at radius 2 is 2.10 bits per heavy atom. The number of benzene rings is 1. The minimum Gasteiger partial charge on any atom is -0.340 e. The number of carbonyl (C=O) groups is 3. The molecule has 2 aromatic heterocycles. The van der Waals surface area contributed by atoms with Gasteiger partial charge in [0, 0.05) is 23.6 Å². The number of aromatic nitrogens is 3. The number of H-pyrrole nitrogens is 1. The second-order valence-corrected chi connectivity index (χ2v) is 7.91. The van der Waals surface area contributed by atoms with Gasteiger partial charge in [0.05, 0.1) is 16.9 Å². The molecule has 4 rings (SSSR count). The third-order valence-electron chi connectivity index (χ3n) is 4.79. The second-order valence-electron chi connectivity index (χ2n) is 6.92. The maximum atomic E-state index is 12.6. The molecule has 9 nitrogen and oxygen atoms in total. The average molecular weight is 436 g/mol. The Kier molecular flexibility index (Phi) is 5.99. The van der Waals surface area contributed by atoms with Crippen molar-refractivity contribution in [1.82, 2.24) is 20.5 Å². The van der Waals surface area contributed by atoms with E-state index < -0.39 is 11.9 Å². The summed E-state index contributed by atoms with van der Waals surface area (Å²) in [6, 6.07) is 9.43. The molecule has 3 amide bonds. The molecule has 0 radical (unpaired) electrons. The number of amides is 3. The van der Waals surface area contributed by atoms with E-state index in [1.807, 2.05) is 12.3 Å². The SMILES string of the molecule is CSCC[C@@H]1NC(=O)c2cc(NC(=O)c3cc(-c4cccnc4)n[nH]3)ccc2NC1=O. The van der Waals surface area contributed by atoms with E-state index in [0.29, 0.717) is 29.1 Å². The number of nitrogens with zero attached hydrogens (tertiary/aromatic N) is 2. The van der Waals surface area contributed by atoms with Crippen LogP contribution in [0.3, 0.4) is 0 Å². The van der Waals surface area contributed by atoms with Crippen LogP contribution in [-0.4, -0.2) is 51.0 Å². The third-order valence-corrected chi connectivity index (χ3v) is 5.44. The molecule has 0 unspecified atom stereocenters. The van der Waals surface area contributed by atoms with Crippen LogP contribution in [0.15, 0.2) is 48.8 Å². The number of thioether (sulfide) groups is 1. The molecule has 0 aliphatic carbocycles. The fourth-order valence-electron chi connectivity index (χ4n) is 3.18. The second kappa shape index (κ2) is 9.00. The molecule has 1 aliphatic rings. The molecule has 1 atom stereocenters. The lowest BCUT2D eigenvalue weighted by Crippen LogP contribution is -2.41. The zero-order valence-corrected chi connectivity index (χ0v) is 17.5. The molecule has 158 valence electrons. The van der Waals surface area contributed by atoms with Crippen molar-refractivity contribution in [2.24, 2.45) is 0 Å². The lowest BCUT2D eigenvalue weighted by atomic mass is 10.1. The molecule has 0 fully saturated rings. The fourth-order valence-corrected chi connectivity index (χ4v) is 3.65. The molecule has 31 heavy (non-hydrogen) atoms. The van der Waals surface area contributed by atoms with Crippen molar-refractivity contribution in [3.63, 3.8) is 0 Å². The number of hydrogen-bond donors (Lipinski definition) is 4. The molecule has 10 heteroatoms. The number of hydrogen-bond acceptors (Lipinski definition) is 6. The number of fused-ring (bicyclic) bond motifs is 1. The van der Waals surface area contributed by atoms with Crippen LogP contribution < -0.4 is 16.0 Å². The lowest BCUT2D eigenvalue weighted by Gasteiger charge is -2.13. The van der Waals surface area contributed by atoms with Gasteiger partial charge in [-0.2, -0.15) is 16.9 Å². The maximum absolute atomic E-state index is 12.6. The van der Waals surface area contributed by atoms with Gasteiger partial charge in [0.2, 0.25) is 5.91 Å². The summed E-state index contributed by atoms with van der Waals surface area (Å²) in [6.07, 6.45) is 5.80. The van der Waals surface area contributed by atoms with E-state index in [9.17, 15) is 14.4 Å². The highest BCUT2D eigenvalue weighted by atomic mass is 32.2. The Balaban J connectivity index is 1.50. The molecule has 3 heterocycles. The predicted molar refractivity (Wildman–Crippen MR) is 119 cm³/mol. The molecule has 4 N–H and O–H groups in total. The predicted octanol–water partition coefficient (Wildman–Crippen LogP) is 2.53. The molecular formula is C21H20N6O3S. The Morgan fingerprint density at radius 1 is 1.23 bits per heavy atom. The first-order valence-corrected chi connectivity index (χ1v) is 11.0. The van der Waals surface area contributed by atoms with Crippen LogP contribution in [0.2, 0.25) is 0 Å². The topological polar surface area (TPSA) is 129 Å². The van der Waals surface area contributed by atoms with Crippen molar-refractivity contribution in [2.75, 3.05) is 22.6 Å². The number of carbonyl (C=O) groups excluding carboxylic acids is 3. The van der Waals surface area contributed by atoms with E-state index in [4.69, 9.17) is 0 Å². The summed E-state index contributed by atoms with van der Waals surface area (Å²) >= 11 is 1.61. The van der Waals surface area contributed by atoms with Crippen molar-refractivity contribution in [2.45, 2.75) is 12.5 Å². The summed E-state index contributed by atoms with van der Waals surface area (Å²) in [5.41, 5.74) is 2.77. The van der Waals surface area contributed by atoms with Crippen LogP contribution in [-0.2, 0) is 4.79 Å². The molecule has 0 saturated carbocycles. The molecule has 3 aromatic rings. The van der Waals surface area contributed by atoms with Crippen LogP contribution >= 0.6 is 11.8 Å². The zero-order chi connectivity index (χ0) is 21.8. The van der Waals surface area contributed by atoms with Gasteiger partial charge < -0.3 is 16.0 Å². The highest BCUT2D eigenvalue weighted by Crippen LogP contribution is 2.24. The average Bonchev–Trinajstić information content (AvgIpc) is 3.24. The van der Waals surface area contributed by atoms with Gasteiger partial charge >= 0.3 is 0 Å². The van der Waals surface area contributed by atoms with Crippen LogP contribution in [0.5, 0.6) is 0 Å². The highest BCUT2D eigenvalue weighted by molar-refractivity contribution is 7.98. The molecular weight excluding hydrogens is 416 g/mol. The Bertz CT molecular complexity index is 1130. The molecule has 0 bridgehead atoms. The third kappa shape index (κ3) is 4.58. The van der Waals surface area contributed by atoms with E-state index in [1.165, 1.54) is 6.07 Å². The lowest BCUT2D eigenvalue weighted by molar-refractivity contribution is -0.117. The smallest absolute Gasteiger partial charge is 0.273 e. The monoisotopic (exact) mass is 436 g/mol. The Hall–Kier alpha value is -3.66. The van der Waals surface area contributed by atoms with Crippen molar-refractivity contribution in [3.05, 3.63) is 60.0 Å². The van der Waals surface area contributed by atoms with Gasteiger partial charge in [-0.05, 0) is 54.8 Å². The van der Waals surface area contributed by atoms with Crippen molar-refractivity contribution in [3.8, 4) is 11.3 Å². The number of rotatable bonds is 6. The van der Waals surface area contributed by atoms with Crippen LogP contribution in [0.4, 0.5) is 11.4 Å². The van der Waals surface area contributed by atoms with Gasteiger partial charge in [0.1, 0.15) is 11.7 Å².